The monoisotopic (exact) mass is 368 g/mol. The number of sulfone groups is 1. The SMILES string of the molecule is O=C(CSc1ccc2c(c1)CCC2)NNC(=O)[C@@H]1CCS(=O)(=O)C1. The van der Waals surface area contributed by atoms with Gasteiger partial charge in [-0.05, 0) is 48.9 Å². The van der Waals surface area contributed by atoms with Gasteiger partial charge in [0.05, 0.1) is 23.2 Å². The van der Waals surface area contributed by atoms with Gasteiger partial charge in [0, 0.05) is 4.90 Å². The number of hydrogen-bond donors (Lipinski definition) is 2. The Labute approximate surface area is 145 Å². The Hall–Kier alpha value is -1.54. The van der Waals surface area contributed by atoms with E-state index in [2.05, 4.69) is 23.0 Å². The number of rotatable bonds is 4. The summed E-state index contributed by atoms with van der Waals surface area (Å²) >= 11 is 1.42. The molecule has 1 aliphatic carbocycles. The molecule has 0 bridgehead atoms. The first-order valence-corrected chi connectivity index (χ1v) is 10.8. The maximum atomic E-state index is 11.8. The standard InChI is InChI=1S/C16H20N2O4S2/c19-15(17-18-16(20)13-6-7-24(21,22)10-13)9-23-14-5-4-11-2-1-3-12(11)8-14/h4-5,8,13H,1-3,6-7,9-10H2,(H,17,19)(H,18,20)/t13-/m1/s1. The van der Waals surface area contributed by atoms with Crippen molar-refractivity contribution in [2.45, 2.75) is 30.6 Å². The summed E-state index contributed by atoms with van der Waals surface area (Å²) in [6.07, 6.45) is 3.72. The second-order valence-electron chi connectivity index (χ2n) is 6.21. The lowest BCUT2D eigenvalue weighted by Crippen LogP contribution is -2.45. The average molecular weight is 368 g/mol. The lowest BCUT2D eigenvalue weighted by molar-refractivity contribution is -0.129. The molecule has 130 valence electrons. The number of hydrazine groups is 1. The summed E-state index contributed by atoms with van der Waals surface area (Å²) in [4.78, 5) is 24.7. The number of amides is 2. The Kier molecular flexibility index (Phi) is 5.15. The van der Waals surface area contributed by atoms with E-state index in [1.807, 2.05) is 6.07 Å². The Balaban J connectivity index is 1.42. The first-order valence-electron chi connectivity index (χ1n) is 7.97. The highest BCUT2D eigenvalue weighted by atomic mass is 32.2. The van der Waals surface area contributed by atoms with Gasteiger partial charge in [0.15, 0.2) is 9.84 Å². The van der Waals surface area contributed by atoms with Crippen LogP contribution < -0.4 is 10.9 Å². The number of thioether (sulfide) groups is 1. The van der Waals surface area contributed by atoms with Crippen LogP contribution in [0.4, 0.5) is 0 Å². The predicted molar refractivity (Wildman–Crippen MR) is 92.2 cm³/mol. The Morgan fingerprint density at radius 1 is 1.17 bits per heavy atom. The van der Waals surface area contributed by atoms with Crippen LogP contribution >= 0.6 is 11.8 Å². The average Bonchev–Trinajstić information content (AvgIpc) is 3.15. The first-order chi connectivity index (χ1) is 11.4. The van der Waals surface area contributed by atoms with Crippen molar-refractivity contribution in [3.8, 4) is 0 Å². The largest absolute Gasteiger partial charge is 0.273 e. The van der Waals surface area contributed by atoms with E-state index in [-0.39, 0.29) is 23.2 Å². The van der Waals surface area contributed by atoms with E-state index in [0.717, 1.165) is 17.7 Å². The summed E-state index contributed by atoms with van der Waals surface area (Å²) in [7, 11) is -3.11. The fraction of sp³-hybridized carbons (Fsp3) is 0.500. The number of hydrogen-bond acceptors (Lipinski definition) is 5. The van der Waals surface area contributed by atoms with Crippen LogP contribution in [0.2, 0.25) is 0 Å². The summed E-state index contributed by atoms with van der Waals surface area (Å²) in [5, 5.41) is 0. The van der Waals surface area contributed by atoms with Crippen LogP contribution in [0, 0.1) is 5.92 Å². The number of aryl methyl sites for hydroxylation is 2. The second kappa shape index (κ2) is 7.14. The van der Waals surface area contributed by atoms with E-state index in [4.69, 9.17) is 0 Å². The number of carbonyl (C=O) groups excluding carboxylic acids is 2. The Morgan fingerprint density at radius 3 is 2.71 bits per heavy atom. The summed E-state index contributed by atoms with van der Waals surface area (Å²) in [5.74, 6) is -1.23. The number of benzene rings is 1. The van der Waals surface area contributed by atoms with Crippen LogP contribution in [-0.2, 0) is 32.3 Å². The fourth-order valence-corrected chi connectivity index (χ4v) is 5.56. The van der Waals surface area contributed by atoms with Crippen molar-refractivity contribution in [2.75, 3.05) is 17.3 Å². The van der Waals surface area contributed by atoms with Crippen LogP contribution in [0.3, 0.4) is 0 Å². The summed E-state index contributed by atoms with van der Waals surface area (Å²) in [5.41, 5.74) is 7.43. The summed E-state index contributed by atoms with van der Waals surface area (Å²) < 4.78 is 22.7. The molecule has 1 saturated heterocycles. The Morgan fingerprint density at radius 2 is 1.96 bits per heavy atom. The minimum absolute atomic E-state index is 0.0349. The van der Waals surface area contributed by atoms with E-state index in [9.17, 15) is 18.0 Å². The minimum Gasteiger partial charge on any atom is -0.273 e. The van der Waals surface area contributed by atoms with Crippen LogP contribution in [-0.4, -0.2) is 37.5 Å². The zero-order valence-corrected chi connectivity index (χ0v) is 14.8. The molecule has 8 heteroatoms. The molecular formula is C16H20N2O4S2. The lowest BCUT2D eigenvalue weighted by atomic mass is 10.1. The van der Waals surface area contributed by atoms with Crippen molar-refractivity contribution in [2.24, 2.45) is 5.92 Å². The quantitative estimate of drug-likeness (QED) is 0.607. The normalized spacial score (nSPS) is 21.2. The maximum absolute atomic E-state index is 11.8. The van der Waals surface area contributed by atoms with Crippen LogP contribution in [0.1, 0.15) is 24.0 Å². The van der Waals surface area contributed by atoms with Crippen molar-refractivity contribution in [3.05, 3.63) is 29.3 Å². The van der Waals surface area contributed by atoms with E-state index >= 15 is 0 Å². The third-order valence-corrected chi connectivity index (χ3v) is 7.13. The van der Waals surface area contributed by atoms with Gasteiger partial charge < -0.3 is 0 Å². The molecule has 0 radical (unpaired) electrons. The van der Waals surface area contributed by atoms with Gasteiger partial charge in [-0.3, -0.25) is 20.4 Å². The topological polar surface area (TPSA) is 92.3 Å². The molecule has 0 saturated carbocycles. The minimum atomic E-state index is -3.11. The molecule has 1 aromatic carbocycles. The molecule has 24 heavy (non-hydrogen) atoms. The molecular weight excluding hydrogens is 348 g/mol. The van der Waals surface area contributed by atoms with Gasteiger partial charge in [0.2, 0.25) is 11.8 Å². The summed E-state index contributed by atoms with van der Waals surface area (Å²) in [6.45, 7) is 0. The fourth-order valence-electron chi connectivity index (χ4n) is 3.06. The zero-order valence-electron chi connectivity index (χ0n) is 13.2. The smallest absolute Gasteiger partial charge is 0.248 e. The molecule has 2 amide bonds. The third-order valence-electron chi connectivity index (χ3n) is 4.37. The second-order valence-corrected chi connectivity index (χ2v) is 9.49. The zero-order chi connectivity index (χ0) is 17.2. The number of fused-ring (bicyclic) bond motifs is 1. The molecule has 2 N–H and O–H groups in total. The van der Waals surface area contributed by atoms with Crippen LogP contribution in [0.15, 0.2) is 23.1 Å². The van der Waals surface area contributed by atoms with Crippen molar-refractivity contribution in [1.29, 1.82) is 0 Å². The van der Waals surface area contributed by atoms with Crippen LogP contribution in [0.25, 0.3) is 0 Å². The molecule has 1 aliphatic heterocycles. The van der Waals surface area contributed by atoms with Crippen molar-refractivity contribution >= 4 is 33.4 Å². The highest BCUT2D eigenvalue weighted by Crippen LogP contribution is 2.27. The molecule has 1 aromatic rings. The van der Waals surface area contributed by atoms with Gasteiger partial charge in [-0.15, -0.1) is 11.8 Å². The first kappa shape index (κ1) is 17.3. The lowest BCUT2D eigenvalue weighted by Gasteiger charge is -2.10. The van der Waals surface area contributed by atoms with Gasteiger partial charge in [0.25, 0.3) is 0 Å². The molecule has 0 unspecified atom stereocenters. The third kappa shape index (κ3) is 4.30. The molecule has 0 aromatic heterocycles. The van der Waals surface area contributed by atoms with Gasteiger partial charge in [0.1, 0.15) is 0 Å². The predicted octanol–water partition coefficient (Wildman–Crippen LogP) is 0.850. The number of carbonyl (C=O) groups is 2. The maximum Gasteiger partial charge on any atom is 0.248 e. The van der Waals surface area contributed by atoms with Gasteiger partial charge in [-0.2, -0.15) is 0 Å². The van der Waals surface area contributed by atoms with Gasteiger partial charge >= 0.3 is 0 Å². The molecule has 1 fully saturated rings. The molecule has 2 aliphatic rings. The highest BCUT2D eigenvalue weighted by Gasteiger charge is 2.33. The molecule has 1 atom stereocenters. The molecule has 3 rings (SSSR count). The van der Waals surface area contributed by atoms with Crippen molar-refractivity contribution in [1.82, 2.24) is 10.9 Å². The molecule has 1 heterocycles. The van der Waals surface area contributed by atoms with Crippen molar-refractivity contribution in [3.63, 3.8) is 0 Å². The van der Waals surface area contributed by atoms with E-state index in [1.54, 1.807) is 0 Å². The Bertz CT molecular complexity index is 761. The summed E-state index contributed by atoms with van der Waals surface area (Å²) in [6, 6.07) is 6.26. The van der Waals surface area contributed by atoms with E-state index in [1.165, 1.54) is 29.3 Å². The molecule has 6 nitrogen and oxygen atoms in total. The van der Waals surface area contributed by atoms with E-state index in [0.29, 0.717) is 6.42 Å². The molecule has 0 spiro atoms. The van der Waals surface area contributed by atoms with Crippen LogP contribution in [0.5, 0.6) is 0 Å². The van der Waals surface area contributed by atoms with Gasteiger partial charge in [-0.25, -0.2) is 8.42 Å². The highest BCUT2D eigenvalue weighted by molar-refractivity contribution is 8.00. The van der Waals surface area contributed by atoms with Gasteiger partial charge in [-0.1, -0.05) is 6.07 Å². The number of nitrogens with one attached hydrogen (secondary N) is 2. The van der Waals surface area contributed by atoms with E-state index < -0.39 is 21.7 Å². The van der Waals surface area contributed by atoms with Crippen molar-refractivity contribution < 1.29 is 18.0 Å².